The quantitative estimate of drug-likeness (QED) is 0.299. The van der Waals surface area contributed by atoms with Crippen molar-refractivity contribution in [2.24, 2.45) is 0 Å². The molecule has 2 aromatic rings. The normalized spacial score (nSPS) is 23.4. The van der Waals surface area contributed by atoms with Gasteiger partial charge in [0.15, 0.2) is 6.17 Å². The number of hydroxylamine groups is 1. The summed E-state index contributed by atoms with van der Waals surface area (Å²) in [6.45, 7) is 0. The lowest BCUT2D eigenvalue weighted by atomic mass is 9.78. The number of hydrogen-bond donors (Lipinski definition) is 1. The molecule has 32 heavy (non-hydrogen) atoms. The minimum atomic E-state index is -1.68. The Morgan fingerprint density at radius 3 is 2.38 bits per heavy atom. The first-order chi connectivity index (χ1) is 15.5. The van der Waals surface area contributed by atoms with Crippen LogP contribution >= 0.6 is 12.0 Å². The molecule has 0 saturated carbocycles. The number of aliphatic carboxylic acids is 1. The fourth-order valence-corrected chi connectivity index (χ4v) is 4.72. The number of likely N-dealkylation sites (tertiary alicyclic amines) is 1. The third-order valence-corrected chi connectivity index (χ3v) is 6.22. The van der Waals surface area contributed by atoms with Crippen LogP contribution in [0.3, 0.4) is 0 Å². The number of carboxylic acid groups (broad SMARTS) is 1. The number of methoxy groups -OCH3 is 2. The van der Waals surface area contributed by atoms with Crippen LogP contribution in [-0.4, -0.2) is 54.5 Å². The minimum absolute atomic E-state index is 0.225. The molecule has 0 spiro atoms. The van der Waals surface area contributed by atoms with Gasteiger partial charge < -0.3 is 14.6 Å². The highest BCUT2D eigenvalue weighted by atomic mass is 32.2. The van der Waals surface area contributed by atoms with E-state index >= 15 is 0 Å². The minimum Gasteiger partial charge on any atom is -0.480 e. The van der Waals surface area contributed by atoms with Gasteiger partial charge in [-0.15, -0.1) is 4.33 Å². The van der Waals surface area contributed by atoms with E-state index in [4.69, 9.17) is 18.8 Å². The second-order valence-electron chi connectivity index (χ2n) is 7.15. The van der Waals surface area contributed by atoms with Gasteiger partial charge in [-0.2, -0.15) is 5.06 Å². The molecule has 0 bridgehead atoms. The Labute approximate surface area is 187 Å². The Morgan fingerprint density at radius 1 is 1.03 bits per heavy atom. The van der Waals surface area contributed by atoms with Crippen LogP contribution < -0.4 is 5.06 Å². The Bertz CT molecular complexity index is 1040. The molecule has 10 nitrogen and oxygen atoms in total. The maximum Gasteiger partial charge on any atom is 0.412 e. The summed E-state index contributed by atoms with van der Waals surface area (Å²) in [7, 11) is 2.31. The fraction of sp³-hybridized carbons (Fsp3) is 0.286. The topological polar surface area (TPSA) is 115 Å². The second-order valence-corrected chi connectivity index (χ2v) is 7.93. The zero-order valence-corrected chi connectivity index (χ0v) is 18.0. The third-order valence-electron chi connectivity index (χ3n) is 5.62. The number of nitrogens with zero attached hydrogens (tertiary/aromatic N) is 2. The van der Waals surface area contributed by atoms with Gasteiger partial charge in [0, 0.05) is 11.3 Å². The summed E-state index contributed by atoms with van der Waals surface area (Å²) < 4.78 is 15.0. The SMILES string of the molecule is COC(=O)C1C[C@]2(C(=O)O)c3ccccc3N(OOSc3ccccc3)C2N1C(=O)OC. The number of rotatable bonds is 6. The van der Waals surface area contributed by atoms with Crippen LogP contribution in [0.15, 0.2) is 59.5 Å². The van der Waals surface area contributed by atoms with E-state index in [0.717, 1.165) is 28.9 Å². The summed E-state index contributed by atoms with van der Waals surface area (Å²) in [5.41, 5.74) is -0.901. The zero-order valence-electron chi connectivity index (χ0n) is 17.2. The molecule has 2 heterocycles. The van der Waals surface area contributed by atoms with Gasteiger partial charge in [-0.25, -0.2) is 9.59 Å². The number of esters is 1. The summed E-state index contributed by atoms with van der Waals surface area (Å²) in [6.07, 6.45) is -2.38. The Kier molecular flexibility index (Phi) is 5.96. The zero-order chi connectivity index (χ0) is 22.9. The first-order valence-corrected chi connectivity index (χ1v) is 10.3. The van der Waals surface area contributed by atoms with E-state index in [1.165, 1.54) is 12.2 Å². The second kappa shape index (κ2) is 8.69. The number of anilines is 1. The van der Waals surface area contributed by atoms with Crippen LogP contribution in [0.2, 0.25) is 0 Å². The van der Waals surface area contributed by atoms with Crippen molar-refractivity contribution < 1.29 is 38.3 Å². The number of ether oxygens (including phenoxy) is 2. The molecule has 3 atom stereocenters. The number of carboxylic acids is 1. The van der Waals surface area contributed by atoms with Gasteiger partial charge in [-0.3, -0.25) is 9.69 Å². The Hall–Kier alpha value is -3.28. The van der Waals surface area contributed by atoms with Crippen LogP contribution in [0.25, 0.3) is 0 Å². The van der Waals surface area contributed by atoms with Crippen molar-refractivity contribution in [2.75, 3.05) is 19.3 Å². The van der Waals surface area contributed by atoms with E-state index in [9.17, 15) is 19.5 Å². The first kappa shape index (κ1) is 21.9. The molecular weight excluding hydrogens is 440 g/mol. The largest absolute Gasteiger partial charge is 0.480 e. The van der Waals surface area contributed by atoms with Crippen molar-refractivity contribution in [1.29, 1.82) is 0 Å². The summed E-state index contributed by atoms with van der Waals surface area (Å²) in [5.74, 6) is -1.99. The summed E-state index contributed by atoms with van der Waals surface area (Å²) in [5, 5.41) is 11.5. The van der Waals surface area contributed by atoms with E-state index in [1.54, 1.807) is 36.4 Å². The molecule has 2 aromatic carbocycles. The van der Waals surface area contributed by atoms with Crippen molar-refractivity contribution in [3.05, 3.63) is 60.2 Å². The smallest absolute Gasteiger partial charge is 0.412 e. The Morgan fingerprint density at radius 2 is 1.72 bits per heavy atom. The number of carbonyl (C=O) groups excluding carboxylic acids is 2. The van der Waals surface area contributed by atoms with Gasteiger partial charge in [0.05, 0.1) is 31.9 Å². The number of amides is 1. The van der Waals surface area contributed by atoms with Crippen molar-refractivity contribution in [3.63, 3.8) is 0 Å². The standard InChI is InChI=1S/C21H20N2O8S/c1-28-17(24)16-12-21(19(25)26)14-10-6-7-11-15(14)23(18(21)22(16)20(27)29-2)30-31-32-13-8-4-3-5-9-13/h3-11,16,18H,12H2,1-2H3,(H,25,26)/t16?,18?,21-/m0/s1. The molecule has 168 valence electrons. The molecule has 0 aromatic heterocycles. The van der Waals surface area contributed by atoms with E-state index < -0.39 is 35.7 Å². The molecule has 1 amide bonds. The molecule has 1 N–H and O–H groups in total. The lowest BCUT2D eigenvalue weighted by molar-refractivity contribution is -0.219. The predicted octanol–water partition coefficient (Wildman–Crippen LogP) is 2.74. The fourth-order valence-electron chi connectivity index (χ4n) is 4.28. The predicted molar refractivity (Wildman–Crippen MR) is 111 cm³/mol. The molecule has 0 aliphatic carbocycles. The van der Waals surface area contributed by atoms with Crippen LogP contribution in [-0.2, 0) is 33.8 Å². The summed E-state index contributed by atoms with van der Waals surface area (Å²) in [6, 6.07) is 14.6. The average molecular weight is 460 g/mol. The number of fused-ring (bicyclic) bond motifs is 3. The highest BCUT2D eigenvalue weighted by Crippen LogP contribution is 2.55. The van der Waals surface area contributed by atoms with Crippen LogP contribution in [0.5, 0.6) is 0 Å². The van der Waals surface area contributed by atoms with E-state index in [-0.39, 0.29) is 6.42 Å². The molecule has 2 aliphatic rings. The van der Waals surface area contributed by atoms with Crippen molar-refractivity contribution in [1.82, 2.24) is 4.90 Å². The highest BCUT2D eigenvalue weighted by molar-refractivity contribution is 7.94. The summed E-state index contributed by atoms with van der Waals surface area (Å²) >= 11 is 0.913. The van der Waals surface area contributed by atoms with E-state index in [0.29, 0.717) is 11.3 Å². The maximum atomic E-state index is 12.7. The third kappa shape index (κ3) is 3.34. The molecule has 1 saturated heterocycles. The van der Waals surface area contributed by atoms with Crippen molar-refractivity contribution >= 4 is 35.8 Å². The average Bonchev–Trinajstić information content (AvgIpc) is 3.31. The first-order valence-electron chi connectivity index (χ1n) is 9.58. The lowest BCUT2D eigenvalue weighted by Crippen LogP contribution is -2.56. The lowest BCUT2D eigenvalue weighted by Gasteiger charge is -2.34. The molecule has 4 rings (SSSR count). The number of para-hydroxylation sites is 1. The maximum absolute atomic E-state index is 12.7. The highest BCUT2D eigenvalue weighted by Gasteiger charge is 2.69. The molecule has 2 aliphatic heterocycles. The van der Waals surface area contributed by atoms with E-state index in [2.05, 4.69) is 0 Å². The van der Waals surface area contributed by atoms with Gasteiger partial charge in [-0.1, -0.05) is 41.4 Å². The van der Waals surface area contributed by atoms with Crippen LogP contribution in [0.1, 0.15) is 12.0 Å². The summed E-state index contributed by atoms with van der Waals surface area (Å²) in [4.78, 5) is 45.2. The monoisotopic (exact) mass is 460 g/mol. The molecule has 1 fully saturated rings. The Balaban J connectivity index is 1.76. The van der Waals surface area contributed by atoms with Gasteiger partial charge in [0.1, 0.15) is 11.5 Å². The molecule has 2 unspecified atom stereocenters. The van der Waals surface area contributed by atoms with Gasteiger partial charge >= 0.3 is 18.0 Å². The molecule has 11 heteroatoms. The van der Waals surface area contributed by atoms with Gasteiger partial charge in [-0.05, 0) is 23.8 Å². The number of hydrogen-bond acceptors (Lipinski definition) is 9. The van der Waals surface area contributed by atoms with Crippen LogP contribution in [0, 0.1) is 0 Å². The van der Waals surface area contributed by atoms with Gasteiger partial charge in [0.25, 0.3) is 0 Å². The van der Waals surface area contributed by atoms with E-state index in [1.807, 2.05) is 18.2 Å². The number of benzene rings is 2. The number of carbonyl (C=O) groups is 3. The van der Waals surface area contributed by atoms with Crippen molar-refractivity contribution in [2.45, 2.75) is 28.9 Å². The van der Waals surface area contributed by atoms with Gasteiger partial charge in [0.2, 0.25) is 0 Å². The molecule has 0 radical (unpaired) electrons. The van der Waals surface area contributed by atoms with Crippen LogP contribution in [0.4, 0.5) is 10.5 Å². The van der Waals surface area contributed by atoms with Crippen molar-refractivity contribution in [3.8, 4) is 0 Å². The molecular formula is C21H20N2O8S.